The van der Waals surface area contributed by atoms with E-state index in [2.05, 4.69) is 17.0 Å². The number of aryl methyl sites for hydroxylation is 1. The number of aliphatic carboxylic acids is 1. The number of hydrogen-bond donors (Lipinski definition) is 2. The molecule has 0 bridgehead atoms. The molecule has 2 N–H and O–H groups in total. The molecule has 7 heteroatoms. The van der Waals surface area contributed by atoms with Gasteiger partial charge in [0.15, 0.2) is 0 Å². The van der Waals surface area contributed by atoms with Crippen LogP contribution in [0.2, 0.25) is 0 Å². The molecule has 1 aromatic rings. The number of carbonyl (C=O) groups excluding carboxylic acids is 1. The van der Waals surface area contributed by atoms with E-state index in [4.69, 9.17) is 5.11 Å². The molecule has 2 amide bonds. The van der Waals surface area contributed by atoms with Crippen LogP contribution in [-0.4, -0.2) is 44.9 Å². The number of carboxylic acid groups (broad SMARTS) is 1. The van der Waals surface area contributed by atoms with Gasteiger partial charge in [-0.15, -0.1) is 6.58 Å². The molecular formula is C10H14N4O3. The van der Waals surface area contributed by atoms with E-state index in [9.17, 15) is 9.59 Å². The smallest absolute Gasteiger partial charge is 0.323 e. The minimum absolute atomic E-state index is 0.165. The Kier molecular flexibility index (Phi) is 4.27. The number of carbonyl (C=O) groups is 2. The standard InChI is InChI=1S/C10H14N4O3/c1-3-4-14(7-9(15)16)10(17)12-8-5-11-13(2)6-8/h3,5-6H,1,4,7H2,2H3,(H,12,17)(H,15,16). The Balaban J connectivity index is 2.64. The molecular weight excluding hydrogens is 224 g/mol. The van der Waals surface area contributed by atoms with Crippen LogP contribution < -0.4 is 5.32 Å². The molecule has 0 spiro atoms. The lowest BCUT2D eigenvalue weighted by Crippen LogP contribution is -2.38. The van der Waals surface area contributed by atoms with Crippen molar-refractivity contribution in [1.82, 2.24) is 14.7 Å². The van der Waals surface area contributed by atoms with Crippen LogP contribution in [-0.2, 0) is 11.8 Å². The van der Waals surface area contributed by atoms with Gasteiger partial charge in [-0.1, -0.05) is 6.08 Å². The van der Waals surface area contributed by atoms with Crippen molar-refractivity contribution in [3.8, 4) is 0 Å². The molecule has 0 aliphatic rings. The first-order valence-corrected chi connectivity index (χ1v) is 4.90. The van der Waals surface area contributed by atoms with Crippen molar-refractivity contribution in [3.63, 3.8) is 0 Å². The van der Waals surface area contributed by atoms with Gasteiger partial charge in [0.1, 0.15) is 6.54 Å². The first-order valence-electron chi connectivity index (χ1n) is 4.90. The number of hydrogen-bond acceptors (Lipinski definition) is 3. The van der Waals surface area contributed by atoms with Crippen molar-refractivity contribution in [2.24, 2.45) is 7.05 Å². The summed E-state index contributed by atoms with van der Waals surface area (Å²) in [6.07, 6.45) is 4.56. The van der Waals surface area contributed by atoms with Crippen LogP contribution >= 0.6 is 0 Å². The highest BCUT2D eigenvalue weighted by Crippen LogP contribution is 2.05. The summed E-state index contributed by atoms with van der Waals surface area (Å²) in [7, 11) is 1.72. The minimum Gasteiger partial charge on any atom is -0.480 e. The van der Waals surface area contributed by atoms with Crippen LogP contribution in [0.25, 0.3) is 0 Å². The molecule has 17 heavy (non-hydrogen) atoms. The molecule has 1 aromatic heterocycles. The predicted octanol–water partition coefficient (Wildman–Crippen LogP) is 0.525. The monoisotopic (exact) mass is 238 g/mol. The number of nitrogens with one attached hydrogen (secondary N) is 1. The van der Waals surface area contributed by atoms with Gasteiger partial charge < -0.3 is 15.3 Å². The fourth-order valence-corrected chi connectivity index (χ4v) is 1.23. The van der Waals surface area contributed by atoms with Crippen LogP contribution in [0.3, 0.4) is 0 Å². The highest BCUT2D eigenvalue weighted by Gasteiger charge is 2.15. The molecule has 0 aromatic carbocycles. The number of amides is 2. The van der Waals surface area contributed by atoms with Crippen molar-refractivity contribution in [2.75, 3.05) is 18.4 Å². The Bertz CT molecular complexity index is 427. The first-order chi connectivity index (χ1) is 8.02. The van der Waals surface area contributed by atoms with Crippen molar-refractivity contribution in [3.05, 3.63) is 25.0 Å². The summed E-state index contributed by atoms with van der Waals surface area (Å²) in [4.78, 5) is 23.4. The van der Waals surface area contributed by atoms with Crippen molar-refractivity contribution in [2.45, 2.75) is 0 Å². The maximum absolute atomic E-state index is 11.7. The molecule has 0 saturated heterocycles. The van der Waals surface area contributed by atoms with E-state index in [0.29, 0.717) is 5.69 Å². The summed E-state index contributed by atoms with van der Waals surface area (Å²) < 4.78 is 1.53. The summed E-state index contributed by atoms with van der Waals surface area (Å²) in [6.45, 7) is 3.26. The molecule has 0 fully saturated rings. The highest BCUT2D eigenvalue weighted by molar-refractivity contribution is 5.91. The lowest BCUT2D eigenvalue weighted by molar-refractivity contribution is -0.137. The fraction of sp³-hybridized carbons (Fsp3) is 0.300. The van der Waals surface area contributed by atoms with E-state index in [1.54, 1.807) is 13.2 Å². The number of carboxylic acids is 1. The molecule has 7 nitrogen and oxygen atoms in total. The summed E-state index contributed by atoms with van der Waals surface area (Å²) in [5.74, 6) is -1.08. The van der Waals surface area contributed by atoms with Crippen LogP contribution in [0, 0.1) is 0 Å². The summed E-state index contributed by atoms with van der Waals surface area (Å²) in [5, 5.41) is 15.1. The van der Waals surface area contributed by atoms with Crippen LogP contribution in [0.5, 0.6) is 0 Å². The average molecular weight is 238 g/mol. The Morgan fingerprint density at radius 1 is 1.71 bits per heavy atom. The van der Waals surface area contributed by atoms with E-state index < -0.39 is 12.0 Å². The normalized spacial score (nSPS) is 9.71. The SMILES string of the molecule is C=CCN(CC(=O)O)C(=O)Nc1cnn(C)c1. The molecule has 1 rings (SSSR count). The summed E-state index contributed by atoms with van der Waals surface area (Å²) in [6, 6.07) is -0.500. The second kappa shape index (κ2) is 5.69. The van der Waals surface area contributed by atoms with Crippen molar-refractivity contribution < 1.29 is 14.7 Å². The van der Waals surface area contributed by atoms with Gasteiger partial charge in [-0.3, -0.25) is 9.48 Å². The Morgan fingerprint density at radius 2 is 2.41 bits per heavy atom. The quantitative estimate of drug-likeness (QED) is 0.732. The zero-order valence-corrected chi connectivity index (χ0v) is 9.46. The Morgan fingerprint density at radius 3 is 2.88 bits per heavy atom. The zero-order valence-electron chi connectivity index (χ0n) is 9.46. The van der Waals surface area contributed by atoms with Gasteiger partial charge in [0.05, 0.1) is 11.9 Å². The predicted molar refractivity (Wildman–Crippen MR) is 61.6 cm³/mol. The largest absolute Gasteiger partial charge is 0.480 e. The third kappa shape index (κ3) is 3.98. The molecule has 0 aliphatic carbocycles. The minimum atomic E-state index is -1.08. The van der Waals surface area contributed by atoms with Gasteiger partial charge in [0.2, 0.25) is 0 Å². The fourth-order valence-electron chi connectivity index (χ4n) is 1.23. The number of aromatic nitrogens is 2. The van der Waals surface area contributed by atoms with E-state index in [-0.39, 0.29) is 13.1 Å². The third-order valence-electron chi connectivity index (χ3n) is 1.92. The maximum Gasteiger partial charge on any atom is 0.323 e. The van der Waals surface area contributed by atoms with Gasteiger partial charge in [-0.25, -0.2) is 4.79 Å². The Labute approximate surface area is 98.3 Å². The van der Waals surface area contributed by atoms with Gasteiger partial charge in [0, 0.05) is 19.8 Å². The first kappa shape index (κ1) is 12.8. The maximum atomic E-state index is 11.7. The highest BCUT2D eigenvalue weighted by atomic mass is 16.4. The van der Waals surface area contributed by atoms with Crippen LogP contribution in [0.1, 0.15) is 0 Å². The zero-order chi connectivity index (χ0) is 12.8. The van der Waals surface area contributed by atoms with Gasteiger partial charge in [-0.05, 0) is 0 Å². The number of nitrogens with zero attached hydrogens (tertiary/aromatic N) is 3. The van der Waals surface area contributed by atoms with Crippen LogP contribution in [0.15, 0.2) is 25.0 Å². The second-order valence-electron chi connectivity index (χ2n) is 3.40. The summed E-state index contributed by atoms with van der Waals surface area (Å²) >= 11 is 0. The topological polar surface area (TPSA) is 87.5 Å². The van der Waals surface area contributed by atoms with Gasteiger partial charge >= 0.3 is 12.0 Å². The van der Waals surface area contributed by atoms with Crippen molar-refractivity contribution >= 4 is 17.7 Å². The number of anilines is 1. The third-order valence-corrected chi connectivity index (χ3v) is 1.92. The van der Waals surface area contributed by atoms with E-state index >= 15 is 0 Å². The van der Waals surface area contributed by atoms with E-state index in [0.717, 1.165) is 4.90 Å². The summed E-state index contributed by atoms with van der Waals surface area (Å²) in [5.41, 5.74) is 0.511. The lowest BCUT2D eigenvalue weighted by atomic mass is 10.4. The molecule has 0 unspecified atom stereocenters. The number of urea groups is 1. The van der Waals surface area contributed by atoms with Gasteiger partial charge in [-0.2, -0.15) is 5.10 Å². The van der Waals surface area contributed by atoms with Crippen molar-refractivity contribution in [1.29, 1.82) is 0 Å². The molecule has 0 saturated carbocycles. The van der Waals surface area contributed by atoms with E-state index in [1.807, 2.05) is 0 Å². The molecule has 92 valence electrons. The van der Waals surface area contributed by atoms with Crippen LogP contribution in [0.4, 0.5) is 10.5 Å². The average Bonchev–Trinajstić information content (AvgIpc) is 2.62. The lowest BCUT2D eigenvalue weighted by Gasteiger charge is -2.18. The van der Waals surface area contributed by atoms with E-state index in [1.165, 1.54) is 17.0 Å². The second-order valence-corrected chi connectivity index (χ2v) is 3.40. The molecule has 0 aliphatic heterocycles. The molecule has 1 heterocycles. The Hall–Kier alpha value is -2.31. The molecule has 0 radical (unpaired) electrons. The number of rotatable bonds is 5. The van der Waals surface area contributed by atoms with Gasteiger partial charge in [0.25, 0.3) is 0 Å². The molecule has 0 atom stereocenters.